The van der Waals surface area contributed by atoms with Gasteiger partial charge in [0.1, 0.15) is 16.9 Å². The Balaban J connectivity index is 1.93. The highest BCUT2D eigenvalue weighted by Gasteiger charge is 2.26. The Morgan fingerprint density at radius 1 is 1.38 bits per heavy atom. The van der Waals surface area contributed by atoms with Crippen LogP contribution in [0.3, 0.4) is 0 Å². The van der Waals surface area contributed by atoms with Gasteiger partial charge in [0.2, 0.25) is 0 Å². The van der Waals surface area contributed by atoms with Crippen molar-refractivity contribution in [1.82, 2.24) is 9.80 Å². The lowest BCUT2D eigenvalue weighted by Crippen LogP contribution is -2.49. The molecule has 2 aromatic rings. The lowest BCUT2D eigenvalue weighted by atomic mass is 10.1. The highest BCUT2D eigenvalue weighted by molar-refractivity contribution is 6.03. The Morgan fingerprint density at radius 2 is 2.14 bits per heavy atom. The molecule has 1 aliphatic rings. The number of piperazine rings is 1. The first-order chi connectivity index (χ1) is 10.1. The van der Waals surface area contributed by atoms with E-state index in [9.17, 15) is 9.90 Å². The van der Waals surface area contributed by atoms with Gasteiger partial charge in [0.05, 0.1) is 6.54 Å². The Kier molecular flexibility index (Phi) is 3.69. The molecule has 1 aliphatic heterocycles. The van der Waals surface area contributed by atoms with Gasteiger partial charge < -0.3 is 14.4 Å². The van der Waals surface area contributed by atoms with Gasteiger partial charge in [-0.3, -0.25) is 4.90 Å². The quantitative estimate of drug-likeness (QED) is 0.939. The minimum absolute atomic E-state index is 0.303. The van der Waals surface area contributed by atoms with Crippen molar-refractivity contribution in [2.24, 2.45) is 0 Å². The van der Waals surface area contributed by atoms with Gasteiger partial charge >= 0.3 is 5.97 Å². The van der Waals surface area contributed by atoms with Gasteiger partial charge in [-0.1, -0.05) is 18.2 Å². The molecule has 5 heteroatoms. The van der Waals surface area contributed by atoms with E-state index < -0.39 is 5.97 Å². The summed E-state index contributed by atoms with van der Waals surface area (Å²) in [5.41, 5.74) is 0.948. The van der Waals surface area contributed by atoms with E-state index in [-0.39, 0.29) is 0 Å². The molecule has 1 fully saturated rings. The third-order valence-corrected chi connectivity index (χ3v) is 4.20. The first kappa shape index (κ1) is 14.1. The summed E-state index contributed by atoms with van der Waals surface area (Å²) in [6.07, 6.45) is 0. The Hall–Kier alpha value is -1.85. The van der Waals surface area contributed by atoms with Crippen LogP contribution in [-0.4, -0.2) is 53.6 Å². The molecule has 0 saturated carbocycles. The van der Waals surface area contributed by atoms with Crippen LogP contribution in [0.1, 0.15) is 23.0 Å². The average molecular weight is 288 g/mol. The van der Waals surface area contributed by atoms with Gasteiger partial charge in [0, 0.05) is 31.1 Å². The van der Waals surface area contributed by atoms with Crippen molar-refractivity contribution in [2.75, 3.05) is 26.7 Å². The molecule has 5 nitrogen and oxygen atoms in total. The second kappa shape index (κ2) is 5.50. The number of hydrogen-bond donors (Lipinski definition) is 1. The van der Waals surface area contributed by atoms with Crippen molar-refractivity contribution in [3.63, 3.8) is 0 Å². The summed E-state index contributed by atoms with van der Waals surface area (Å²) in [6.45, 7) is 5.62. The lowest BCUT2D eigenvalue weighted by Gasteiger charge is -2.37. The number of carbonyl (C=O) groups is 1. The highest BCUT2D eigenvalue weighted by atomic mass is 16.4. The molecular formula is C16H20N2O3. The molecule has 0 spiro atoms. The van der Waals surface area contributed by atoms with Gasteiger partial charge in [-0.25, -0.2) is 4.79 Å². The average Bonchev–Trinajstić information content (AvgIpc) is 2.80. The number of carboxylic acids is 1. The molecule has 0 bridgehead atoms. The molecule has 0 radical (unpaired) electrons. The fourth-order valence-corrected chi connectivity index (χ4v) is 3.04. The number of nitrogens with zero attached hydrogens (tertiary/aromatic N) is 2. The third-order valence-electron chi connectivity index (χ3n) is 4.20. The van der Waals surface area contributed by atoms with Gasteiger partial charge in [0.25, 0.3) is 0 Å². The molecule has 112 valence electrons. The van der Waals surface area contributed by atoms with E-state index in [2.05, 4.69) is 23.8 Å². The van der Waals surface area contributed by atoms with Crippen LogP contribution in [0.4, 0.5) is 0 Å². The number of benzene rings is 1. The Labute approximate surface area is 123 Å². The van der Waals surface area contributed by atoms with Crippen LogP contribution in [0, 0.1) is 0 Å². The number of para-hydroxylation sites is 1. The predicted molar refractivity (Wildman–Crippen MR) is 80.5 cm³/mol. The summed E-state index contributed by atoms with van der Waals surface area (Å²) in [6, 6.07) is 7.71. The molecule has 0 amide bonds. The zero-order valence-electron chi connectivity index (χ0n) is 12.4. The molecule has 2 heterocycles. The number of likely N-dealkylation sites (N-methyl/N-ethyl adjacent to an activating group) is 1. The van der Waals surface area contributed by atoms with Crippen molar-refractivity contribution in [1.29, 1.82) is 0 Å². The van der Waals surface area contributed by atoms with Crippen molar-refractivity contribution in [3.8, 4) is 0 Å². The maximum Gasteiger partial charge on any atom is 0.339 e. The number of carboxylic acid groups (broad SMARTS) is 1. The molecule has 1 aromatic heterocycles. The van der Waals surface area contributed by atoms with E-state index in [1.54, 1.807) is 6.07 Å². The summed E-state index contributed by atoms with van der Waals surface area (Å²) in [5.74, 6) is -0.364. The van der Waals surface area contributed by atoms with E-state index in [0.29, 0.717) is 34.9 Å². The van der Waals surface area contributed by atoms with Crippen LogP contribution in [0.15, 0.2) is 28.7 Å². The number of hydrogen-bond acceptors (Lipinski definition) is 4. The van der Waals surface area contributed by atoms with Crippen molar-refractivity contribution in [3.05, 3.63) is 35.6 Å². The third kappa shape index (κ3) is 2.66. The van der Waals surface area contributed by atoms with Crippen molar-refractivity contribution >= 4 is 16.9 Å². The topological polar surface area (TPSA) is 56.9 Å². The molecule has 0 aliphatic carbocycles. The molecular weight excluding hydrogens is 268 g/mol. The van der Waals surface area contributed by atoms with Crippen LogP contribution < -0.4 is 0 Å². The SMILES string of the molecule is CC1CN(C)CCN1Cc1oc2ccccc2c1C(=O)O. The van der Waals surface area contributed by atoms with E-state index in [1.807, 2.05) is 18.2 Å². The molecule has 1 aromatic carbocycles. The van der Waals surface area contributed by atoms with E-state index in [4.69, 9.17) is 4.42 Å². The predicted octanol–water partition coefficient (Wildman–Crippen LogP) is 2.27. The number of rotatable bonds is 3. The monoisotopic (exact) mass is 288 g/mol. The zero-order chi connectivity index (χ0) is 15.0. The number of fused-ring (bicyclic) bond motifs is 1. The Morgan fingerprint density at radius 3 is 2.86 bits per heavy atom. The fraction of sp³-hybridized carbons (Fsp3) is 0.438. The number of furan rings is 1. The second-order valence-electron chi connectivity index (χ2n) is 5.78. The van der Waals surface area contributed by atoms with Crippen LogP contribution in [0.5, 0.6) is 0 Å². The molecule has 1 unspecified atom stereocenters. The van der Waals surface area contributed by atoms with Crippen LogP contribution in [-0.2, 0) is 6.54 Å². The zero-order valence-corrected chi connectivity index (χ0v) is 12.4. The van der Waals surface area contributed by atoms with E-state index in [0.717, 1.165) is 19.6 Å². The summed E-state index contributed by atoms with van der Waals surface area (Å²) in [4.78, 5) is 16.2. The minimum atomic E-state index is -0.920. The minimum Gasteiger partial charge on any atom is -0.478 e. The second-order valence-corrected chi connectivity index (χ2v) is 5.78. The van der Waals surface area contributed by atoms with Crippen LogP contribution in [0.25, 0.3) is 11.0 Å². The first-order valence-corrected chi connectivity index (χ1v) is 7.22. The smallest absolute Gasteiger partial charge is 0.339 e. The Bertz CT molecular complexity index is 665. The standard InChI is InChI=1S/C16H20N2O3/c1-11-9-17(2)7-8-18(11)10-14-15(16(19)20)12-5-3-4-6-13(12)21-14/h3-6,11H,7-10H2,1-2H3,(H,19,20). The van der Waals surface area contributed by atoms with Crippen molar-refractivity contribution in [2.45, 2.75) is 19.5 Å². The summed E-state index contributed by atoms with van der Waals surface area (Å²) < 4.78 is 5.80. The summed E-state index contributed by atoms with van der Waals surface area (Å²) in [5, 5.41) is 10.2. The lowest BCUT2D eigenvalue weighted by molar-refractivity contribution is 0.0682. The summed E-state index contributed by atoms with van der Waals surface area (Å²) in [7, 11) is 2.11. The normalized spacial score (nSPS) is 21.0. The number of aromatic carboxylic acids is 1. The van der Waals surface area contributed by atoms with E-state index in [1.165, 1.54) is 0 Å². The molecule has 3 rings (SSSR count). The highest BCUT2D eigenvalue weighted by Crippen LogP contribution is 2.27. The molecule has 1 N–H and O–H groups in total. The van der Waals surface area contributed by atoms with Crippen LogP contribution >= 0.6 is 0 Å². The largest absolute Gasteiger partial charge is 0.478 e. The van der Waals surface area contributed by atoms with Gasteiger partial charge in [0.15, 0.2) is 0 Å². The van der Waals surface area contributed by atoms with Gasteiger partial charge in [-0.15, -0.1) is 0 Å². The molecule has 1 saturated heterocycles. The van der Waals surface area contributed by atoms with Crippen molar-refractivity contribution < 1.29 is 14.3 Å². The maximum atomic E-state index is 11.6. The molecule has 1 atom stereocenters. The fourth-order valence-electron chi connectivity index (χ4n) is 3.04. The van der Waals surface area contributed by atoms with Gasteiger partial charge in [-0.05, 0) is 20.0 Å². The van der Waals surface area contributed by atoms with Crippen LogP contribution in [0.2, 0.25) is 0 Å². The van der Waals surface area contributed by atoms with Gasteiger partial charge in [-0.2, -0.15) is 0 Å². The summed E-state index contributed by atoms with van der Waals surface area (Å²) >= 11 is 0. The van der Waals surface area contributed by atoms with E-state index >= 15 is 0 Å². The molecule has 21 heavy (non-hydrogen) atoms. The first-order valence-electron chi connectivity index (χ1n) is 7.22. The maximum absolute atomic E-state index is 11.6.